The van der Waals surface area contributed by atoms with Crippen molar-refractivity contribution in [3.05, 3.63) is 55.7 Å². The Morgan fingerprint density at radius 1 is 1.12 bits per heavy atom. The van der Waals surface area contributed by atoms with Crippen LogP contribution >= 0.6 is 43.2 Å². The van der Waals surface area contributed by atoms with Gasteiger partial charge < -0.3 is 0 Å². The molecule has 16 heavy (non-hydrogen) atoms. The SMILES string of the molecule is Cc1cc(C)cc(C(Br)c2sccc2Br)c1. The van der Waals surface area contributed by atoms with Crippen molar-refractivity contribution in [1.29, 1.82) is 0 Å². The van der Waals surface area contributed by atoms with Crippen LogP contribution < -0.4 is 0 Å². The van der Waals surface area contributed by atoms with Gasteiger partial charge in [0.25, 0.3) is 0 Å². The summed E-state index contributed by atoms with van der Waals surface area (Å²) in [7, 11) is 0. The first-order valence-corrected chi connectivity index (χ1v) is 7.62. The van der Waals surface area contributed by atoms with E-state index < -0.39 is 0 Å². The van der Waals surface area contributed by atoms with Gasteiger partial charge >= 0.3 is 0 Å². The molecule has 0 fully saturated rings. The molecule has 0 nitrogen and oxygen atoms in total. The van der Waals surface area contributed by atoms with Gasteiger partial charge in [0, 0.05) is 9.35 Å². The molecule has 0 radical (unpaired) electrons. The molecule has 3 heteroatoms. The van der Waals surface area contributed by atoms with Gasteiger partial charge in [-0.25, -0.2) is 0 Å². The summed E-state index contributed by atoms with van der Waals surface area (Å²) in [6, 6.07) is 8.76. The molecule has 84 valence electrons. The molecule has 2 aromatic rings. The summed E-state index contributed by atoms with van der Waals surface area (Å²) >= 11 is 9.12. The van der Waals surface area contributed by atoms with Crippen LogP contribution in [-0.2, 0) is 0 Å². The second-order valence-electron chi connectivity index (χ2n) is 3.92. The predicted octanol–water partition coefficient (Wildman–Crippen LogP) is 5.61. The third kappa shape index (κ3) is 2.58. The fourth-order valence-electron chi connectivity index (χ4n) is 1.79. The normalized spacial score (nSPS) is 12.8. The van der Waals surface area contributed by atoms with Crippen molar-refractivity contribution in [2.75, 3.05) is 0 Å². The minimum Gasteiger partial charge on any atom is -0.146 e. The van der Waals surface area contributed by atoms with Crippen LogP contribution in [-0.4, -0.2) is 0 Å². The Labute approximate surface area is 117 Å². The van der Waals surface area contributed by atoms with E-state index in [0.29, 0.717) is 0 Å². The maximum atomic E-state index is 3.77. The number of rotatable bonds is 2. The molecule has 0 saturated carbocycles. The highest BCUT2D eigenvalue weighted by molar-refractivity contribution is 9.11. The maximum Gasteiger partial charge on any atom is 0.0749 e. The van der Waals surface area contributed by atoms with Gasteiger partial charge in [0.2, 0.25) is 0 Å². The molecular formula is C13H12Br2S. The second kappa shape index (κ2) is 5.03. The summed E-state index contributed by atoms with van der Waals surface area (Å²) in [6.45, 7) is 4.28. The zero-order chi connectivity index (χ0) is 11.7. The molecular weight excluding hydrogens is 348 g/mol. The van der Waals surface area contributed by atoms with Crippen molar-refractivity contribution in [2.24, 2.45) is 0 Å². The molecule has 2 rings (SSSR count). The topological polar surface area (TPSA) is 0 Å². The van der Waals surface area contributed by atoms with Crippen LogP contribution in [0.4, 0.5) is 0 Å². The summed E-state index contributed by atoms with van der Waals surface area (Å²) in [5.74, 6) is 0. The number of benzene rings is 1. The van der Waals surface area contributed by atoms with Crippen molar-refractivity contribution in [3.8, 4) is 0 Å². The van der Waals surface area contributed by atoms with E-state index in [9.17, 15) is 0 Å². The second-order valence-corrected chi connectivity index (χ2v) is 6.63. The van der Waals surface area contributed by atoms with Gasteiger partial charge in [0.05, 0.1) is 4.83 Å². The van der Waals surface area contributed by atoms with Crippen molar-refractivity contribution in [2.45, 2.75) is 18.7 Å². The largest absolute Gasteiger partial charge is 0.146 e. The van der Waals surface area contributed by atoms with Gasteiger partial charge in [-0.05, 0) is 46.8 Å². The quantitative estimate of drug-likeness (QED) is 0.611. The first-order valence-electron chi connectivity index (χ1n) is 5.03. The van der Waals surface area contributed by atoms with Gasteiger partial charge in [-0.3, -0.25) is 0 Å². The number of alkyl halides is 1. The monoisotopic (exact) mass is 358 g/mol. The Kier molecular flexibility index (Phi) is 3.88. The summed E-state index contributed by atoms with van der Waals surface area (Å²) in [5.41, 5.74) is 3.94. The van der Waals surface area contributed by atoms with Crippen molar-refractivity contribution < 1.29 is 0 Å². The van der Waals surface area contributed by atoms with E-state index in [1.54, 1.807) is 11.3 Å². The van der Waals surface area contributed by atoms with Crippen LogP contribution in [0.2, 0.25) is 0 Å². The van der Waals surface area contributed by atoms with E-state index >= 15 is 0 Å². The fraction of sp³-hybridized carbons (Fsp3) is 0.231. The van der Waals surface area contributed by atoms with Gasteiger partial charge in [-0.1, -0.05) is 45.3 Å². The molecule has 1 atom stereocenters. The number of hydrogen-bond acceptors (Lipinski definition) is 1. The first-order chi connectivity index (χ1) is 7.58. The van der Waals surface area contributed by atoms with E-state index in [2.05, 4.69) is 75.4 Å². The number of thiophene rings is 1. The predicted molar refractivity (Wildman–Crippen MR) is 78.7 cm³/mol. The van der Waals surface area contributed by atoms with E-state index in [1.165, 1.54) is 26.0 Å². The highest BCUT2D eigenvalue weighted by Crippen LogP contribution is 2.39. The van der Waals surface area contributed by atoms with Crippen LogP contribution in [0.3, 0.4) is 0 Å². The maximum absolute atomic E-state index is 3.77. The van der Waals surface area contributed by atoms with Crippen LogP contribution in [0, 0.1) is 13.8 Å². The van der Waals surface area contributed by atoms with Crippen molar-refractivity contribution >= 4 is 43.2 Å². The minimum atomic E-state index is 0.278. The Bertz CT molecular complexity index is 482. The number of hydrogen-bond donors (Lipinski definition) is 0. The van der Waals surface area contributed by atoms with Gasteiger partial charge in [-0.2, -0.15) is 0 Å². The Morgan fingerprint density at radius 3 is 2.25 bits per heavy atom. The molecule has 1 unspecified atom stereocenters. The lowest BCUT2D eigenvalue weighted by atomic mass is 10.0. The molecule has 0 amide bonds. The summed E-state index contributed by atoms with van der Waals surface area (Å²) in [6.07, 6.45) is 0. The zero-order valence-electron chi connectivity index (χ0n) is 9.13. The number of halogens is 2. The fourth-order valence-corrected chi connectivity index (χ4v) is 4.54. The molecule has 0 saturated heterocycles. The van der Waals surface area contributed by atoms with E-state index in [-0.39, 0.29) is 4.83 Å². The Hall–Kier alpha value is -0.120. The van der Waals surface area contributed by atoms with Crippen LogP contribution in [0.15, 0.2) is 34.1 Å². The highest BCUT2D eigenvalue weighted by Gasteiger charge is 2.15. The average molecular weight is 360 g/mol. The molecule has 1 aromatic carbocycles. The third-order valence-electron chi connectivity index (χ3n) is 2.41. The zero-order valence-corrected chi connectivity index (χ0v) is 13.1. The molecule has 0 aliphatic carbocycles. The van der Waals surface area contributed by atoms with Crippen LogP contribution in [0.5, 0.6) is 0 Å². The lowest BCUT2D eigenvalue weighted by molar-refractivity contribution is 1.18. The summed E-state index contributed by atoms with van der Waals surface area (Å²) < 4.78 is 1.18. The summed E-state index contributed by atoms with van der Waals surface area (Å²) in [5, 5.41) is 2.11. The van der Waals surface area contributed by atoms with Crippen molar-refractivity contribution in [1.82, 2.24) is 0 Å². The standard InChI is InChI=1S/C13H12Br2S/c1-8-5-9(2)7-10(6-8)12(15)13-11(14)3-4-16-13/h3-7,12H,1-2H3. The Balaban J connectivity index is 2.41. The molecule has 0 N–H and O–H groups in total. The van der Waals surface area contributed by atoms with Gasteiger partial charge in [0.1, 0.15) is 0 Å². The summed E-state index contributed by atoms with van der Waals surface area (Å²) in [4.78, 5) is 1.60. The lowest BCUT2D eigenvalue weighted by Gasteiger charge is -2.11. The average Bonchev–Trinajstić information content (AvgIpc) is 2.62. The van der Waals surface area contributed by atoms with E-state index in [1.807, 2.05) is 0 Å². The smallest absolute Gasteiger partial charge is 0.0749 e. The van der Waals surface area contributed by atoms with E-state index in [4.69, 9.17) is 0 Å². The van der Waals surface area contributed by atoms with Crippen LogP contribution in [0.25, 0.3) is 0 Å². The van der Waals surface area contributed by atoms with Gasteiger partial charge in [-0.15, -0.1) is 11.3 Å². The van der Waals surface area contributed by atoms with Crippen molar-refractivity contribution in [3.63, 3.8) is 0 Å². The third-order valence-corrected chi connectivity index (χ3v) is 5.64. The minimum absolute atomic E-state index is 0.278. The van der Waals surface area contributed by atoms with E-state index in [0.717, 1.165) is 0 Å². The first kappa shape index (κ1) is 12.3. The molecule has 0 bridgehead atoms. The lowest BCUT2D eigenvalue weighted by Crippen LogP contribution is -1.92. The highest BCUT2D eigenvalue weighted by atomic mass is 79.9. The van der Waals surface area contributed by atoms with Crippen LogP contribution in [0.1, 0.15) is 26.4 Å². The van der Waals surface area contributed by atoms with Gasteiger partial charge in [0.15, 0.2) is 0 Å². The molecule has 0 aliphatic heterocycles. The molecule has 0 spiro atoms. The number of aryl methyl sites for hydroxylation is 2. The Morgan fingerprint density at radius 2 is 1.75 bits per heavy atom. The molecule has 0 aliphatic rings. The molecule has 1 heterocycles. The molecule has 1 aromatic heterocycles.